The molecule has 0 radical (unpaired) electrons. The summed E-state index contributed by atoms with van der Waals surface area (Å²) in [6.07, 6.45) is 5.49. The van der Waals surface area contributed by atoms with Crippen LogP contribution >= 0.6 is 0 Å². The summed E-state index contributed by atoms with van der Waals surface area (Å²) in [5.74, 6) is 1.70. The fourth-order valence-corrected chi connectivity index (χ4v) is 4.82. The van der Waals surface area contributed by atoms with Crippen LogP contribution in [0.3, 0.4) is 0 Å². The number of anilines is 1. The van der Waals surface area contributed by atoms with Gasteiger partial charge in [-0.15, -0.1) is 10.2 Å². The lowest BCUT2D eigenvalue weighted by atomic mass is 10.1. The van der Waals surface area contributed by atoms with E-state index >= 15 is 0 Å². The number of hydrogen-bond donors (Lipinski definition) is 0. The van der Waals surface area contributed by atoms with Crippen LogP contribution in [0.1, 0.15) is 19.8 Å². The quantitative estimate of drug-likeness (QED) is 0.616. The second-order valence-corrected chi connectivity index (χ2v) is 9.63. The fraction of sp³-hybridized carbons (Fsp3) is 0.500. The van der Waals surface area contributed by atoms with Crippen LogP contribution in [0.15, 0.2) is 30.5 Å². The standard InChI is InChI=1S/C20H28N6O2S/c1-4-5-10-26-19(17-15-23(2)18-9-7-6-8-16(17)18)21-22-20(26)24-11-13-25(14-12-24)29(3,27)28/h6-9,15H,4-5,10-14H2,1-3H3. The third-order valence-corrected chi connectivity index (χ3v) is 6.90. The fourth-order valence-electron chi connectivity index (χ4n) is 3.99. The first-order chi connectivity index (χ1) is 13.9. The average Bonchev–Trinajstić information content (AvgIpc) is 3.27. The van der Waals surface area contributed by atoms with Crippen LogP contribution in [0.2, 0.25) is 0 Å². The van der Waals surface area contributed by atoms with Crippen molar-refractivity contribution in [2.24, 2.45) is 7.05 Å². The molecule has 0 spiro atoms. The van der Waals surface area contributed by atoms with Gasteiger partial charge in [-0.25, -0.2) is 8.42 Å². The maximum absolute atomic E-state index is 11.8. The Balaban J connectivity index is 1.71. The minimum atomic E-state index is -3.15. The smallest absolute Gasteiger partial charge is 0.227 e. The molecule has 0 unspecified atom stereocenters. The van der Waals surface area contributed by atoms with Crippen molar-refractivity contribution in [1.29, 1.82) is 0 Å². The van der Waals surface area contributed by atoms with E-state index in [1.54, 1.807) is 0 Å². The Kier molecular flexibility index (Phi) is 5.35. The van der Waals surface area contributed by atoms with Crippen molar-refractivity contribution in [2.75, 3.05) is 37.3 Å². The zero-order chi connectivity index (χ0) is 20.6. The first-order valence-corrected chi connectivity index (χ1v) is 11.9. The molecule has 0 saturated carbocycles. The molecule has 4 rings (SSSR count). The van der Waals surface area contributed by atoms with Crippen LogP contribution in [-0.2, 0) is 23.6 Å². The van der Waals surface area contributed by atoms with E-state index in [0.717, 1.165) is 47.6 Å². The molecule has 0 N–H and O–H groups in total. The van der Waals surface area contributed by atoms with Gasteiger partial charge in [-0.05, 0) is 12.5 Å². The molecule has 1 fully saturated rings. The van der Waals surface area contributed by atoms with Gasteiger partial charge in [0.2, 0.25) is 16.0 Å². The largest absolute Gasteiger partial charge is 0.350 e. The summed E-state index contributed by atoms with van der Waals surface area (Å²) in [5, 5.41) is 10.3. The number of rotatable bonds is 6. The Morgan fingerprint density at radius 1 is 1.07 bits per heavy atom. The topological polar surface area (TPSA) is 76.3 Å². The van der Waals surface area contributed by atoms with Crippen molar-refractivity contribution in [3.8, 4) is 11.4 Å². The first kappa shape index (κ1) is 19.9. The van der Waals surface area contributed by atoms with Crippen molar-refractivity contribution in [1.82, 2.24) is 23.6 Å². The molecule has 1 aliphatic heterocycles. The van der Waals surface area contributed by atoms with Gasteiger partial charge >= 0.3 is 0 Å². The summed E-state index contributed by atoms with van der Waals surface area (Å²) in [5.41, 5.74) is 2.24. The number of sulfonamides is 1. The zero-order valence-electron chi connectivity index (χ0n) is 17.2. The van der Waals surface area contributed by atoms with E-state index in [9.17, 15) is 8.42 Å². The highest BCUT2D eigenvalue weighted by atomic mass is 32.2. The highest BCUT2D eigenvalue weighted by Gasteiger charge is 2.27. The van der Waals surface area contributed by atoms with Crippen molar-refractivity contribution in [3.05, 3.63) is 30.5 Å². The van der Waals surface area contributed by atoms with E-state index in [-0.39, 0.29) is 0 Å². The summed E-state index contributed by atoms with van der Waals surface area (Å²) < 4.78 is 29.5. The lowest BCUT2D eigenvalue weighted by Crippen LogP contribution is -2.49. The predicted octanol–water partition coefficient (Wildman–Crippen LogP) is 2.32. The van der Waals surface area contributed by atoms with Gasteiger partial charge in [-0.2, -0.15) is 4.31 Å². The Labute approximate surface area is 171 Å². The van der Waals surface area contributed by atoms with E-state index < -0.39 is 10.0 Å². The molecule has 8 nitrogen and oxygen atoms in total. The van der Waals surface area contributed by atoms with Crippen LogP contribution in [0.4, 0.5) is 5.95 Å². The first-order valence-electron chi connectivity index (χ1n) is 10.1. The van der Waals surface area contributed by atoms with Gasteiger partial charge in [0.05, 0.1) is 6.26 Å². The molecule has 1 aromatic carbocycles. The Hall–Kier alpha value is -2.39. The summed E-state index contributed by atoms with van der Waals surface area (Å²) in [6, 6.07) is 8.31. The molecule has 0 amide bonds. The summed E-state index contributed by atoms with van der Waals surface area (Å²) in [4.78, 5) is 2.15. The van der Waals surface area contributed by atoms with Crippen LogP contribution < -0.4 is 4.90 Å². The number of nitrogens with zero attached hydrogens (tertiary/aromatic N) is 6. The number of fused-ring (bicyclic) bond motifs is 1. The molecule has 9 heteroatoms. The molecule has 1 saturated heterocycles. The highest BCUT2D eigenvalue weighted by molar-refractivity contribution is 7.88. The molecule has 3 heterocycles. The molecule has 3 aromatic rings. The van der Waals surface area contributed by atoms with Gasteiger partial charge in [0.15, 0.2) is 5.82 Å². The Morgan fingerprint density at radius 2 is 1.79 bits per heavy atom. The van der Waals surface area contributed by atoms with E-state index in [0.29, 0.717) is 26.2 Å². The second-order valence-electron chi connectivity index (χ2n) is 7.65. The summed E-state index contributed by atoms with van der Waals surface area (Å²) in [6.45, 7) is 5.20. The Bertz CT molecular complexity index is 1110. The molecule has 1 aliphatic rings. The molecule has 0 atom stereocenters. The monoisotopic (exact) mass is 416 g/mol. The number of aromatic nitrogens is 4. The van der Waals surface area contributed by atoms with E-state index in [1.165, 1.54) is 10.6 Å². The maximum Gasteiger partial charge on any atom is 0.227 e. The highest BCUT2D eigenvalue weighted by Crippen LogP contribution is 2.31. The normalized spacial score (nSPS) is 16.0. The summed E-state index contributed by atoms with van der Waals surface area (Å²) >= 11 is 0. The Morgan fingerprint density at radius 3 is 2.48 bits per heavy atom. The maximum atomic E-state index is 11.8. The number of para-hydroxylation sites is 1. The van der Waals surface area contributed by atoms with Gasteiger partial charge in [0, 0.05) is 62.4 Å². The predicted molar refractivity (Wildman–Crippen MR) is 115 cm³/mol. The number of piperazine rings is 1. The SMILES string of the molecule is CCCCn1c(-c2cn(C)c3ccccc23)nnc1N1CCN(S(C)(=O)=O)CC1. The second kappa shape index (κ2) is 7.79. The lowest BCUT2D eigenvalue weighted by Gasteiger charge is -2.33. The van der Waals surface area contributed by atoms with Crippen LogP contribution in [0.5, 0.6) is 0 Å². The van der Waals surface area contributed by atoms with E-state index in [2.05, 4.69) is 49.5 Å². The van der Waals surface area contributed by atoms with E-state index in [1.807, 2.05) is 19.2 Å². The molecule has 0 bridgehead atoms. The van der Waals surface area contributed by atoms with Gasteiger partial charge in [0.1, 0.15) is 0 Å². The molecular weight excluding hydrogens is 388 g/mol. The summed E-state index contributed by atoms with van der Waals surface area (Å²) in [7, 11) is -1.11. The van der Waals surface area contributed by atoms with Crippen molar-refractivity contribution in [2.45, 2.75) is 26.3 Å². The zero-order valence-corrected chi connectivity index (χ0v) is 18.1. The molecule has 0 aliphatic carbocycles. The minimum Gasteiger partial charge on any atom is -0.350 e. The van der Waals surface area contributed by atoms with Crippen LogP contribution in [-0.4, -0.2) is 64.5 Å². The van der Waals surface area contributed by atoms with Crippen molar-refractivity contribution in [3.63, 3.8) is 0 Å². The van der Waals surface area contributed by atoms with Crippen molar-refractivity contribution >= 4 is 26.9 Å². The van der Waals surface area contributed by atoms with Crippen molar-refractivity contribution < 1.29 is 8.42 Å². The van der Waals surface area contributed by atoms with Crippen LogP contribution in [0, 0.1) is 0 Å². The molecule has 2 aromatic heterocycles. The van der Waals surface area contributed by atoms with E-state index in [4.69, 9.17) is 0 Å². The van der Waals surface area contributed by atoms with Gasteiger partial charge in [-0.1, -0.05) is 31.5 Å². The van der Waals surface area contributed by atoms with Gasteiger partial charge in [0.25, 0.3) is 0 Å². The minimum absolute atomic E-state index is 0.475. The molecular formula is C20H28N6O2S. The average molecular weight is 417 g/mol. The van der Waals surface area contributed by atoms with Gasteiger partial charge in [-0.3, -0.25) is 4.57 Å². The number of unbranched alkanes of at least 4 members (excludes halogenated alkanes) is 1. The van der Waals surface area contributed by atoms with Gasteiger partial charge < -0.3 is 9.47 Å². The third-order valence-electron chi connectivity index (χ3n) is 5.59. The molecule has 29 heavy (non-hydrogen) atoms. The molecule has 156 valence electrons. The third kappa shape index (κ3) is 3.76. The van der Waals surface area contributed by atoms with Crippen LogP contribution in [0.25, 0.3) is 22.3 Å². The lowest BCUT2D eigenvalue weighted by molar-refractivity contribution is 0.383. The number of aryl methyl sites for hydroxylation is 1. The number of hydrogen-bond acceptors (Lipinski definition) is 5. The number of benzene rings is 1.